The quantitative estimate of drug-likeness (QED) is 0.0351. The maximum absolute atomic E-state index is 12.4. The molecule has 0 aromatic heterocycles. The fourth-order valence-corrected chi connectivity index (χ4v) is 5.12. The number of likely N-dealkylation sites (N-methyl/N-ethyl adjacent to an activating group) is 1. The average molecular weight is 622 g/mol. The van der Waals surface area contributed by atoms with Gasteiger partial charge in [0.2, 0.25) is 0 Å². The summed E-state index contributed by atoms with van der Waals surface area (Å²) < 4.78 is 33.2. The minimum atomic E-state index is -4.59. The van der Waals surface area contributed by atoms with Gasteiger partial charge in [-0.2, -0.15) is 0 Å². The molecule has 2 unspecified atom stereocenters. The standard InChI is InChI=1S/C32H64NO8P/c1-6-8-10-11-12-13-14-15-16-17-18-19-20-21-22-23-25-32(35)41-30(28-38-31(34)24-9-7-2)29-40-42(36,37)39-27-26-33(3,4)5/h30H,6-29H2,1-5H3. The summed E-state index contributed by atoms with van der Waals surface area (Å²) in [6.45, 7) is 3.95. The Bertz CT molecular complexity index is 713. The molecule has 0 aromatic rings. The highest BCUT2D eigenvalue weighted by molar-refractivity contribution is 7.45. The van der Waals surface area contributed by atoms with Crippen LogP contribution in [-0.4, -0.2) is 70.0 Å². The molecule has 0 spiro atoms. The van der Waals surface area contributed by atoms with E-state index < -0.39 is 32.5 Å². The van der Waals surface area contributed by atoms with E-state index in [0.29, 0.717) is 23.9 Å². The number of nitrogens with zero attached hydrogens (tertiary/aromatic N) is 1. The predicted octanol–water partition coefficient (Wildman–Crippen LogP) is 7.49. The monoisotopic (exact) mass is 621 g/mol. The van der Waals surface area contributed by atoms with Crippen molar-refractivity contribution >= 4 is 19.8 Å². The molecule has 0 aromatic carbocycles. The fraction of sp³-hybridized carbons (Fsp3) is 0.938. The van der Waals surface area contributed by atoms with Crippen LogP contribution < -0.4 is 4.89 Å². The number of hydrogen-bond acceptors (Lipinski definition) is 8. The first-order chi connectivity index (χ1) is 20.0. The molecule has 0 aliphatic heterocycles. The third kappa shape index (κ3) is 29.1. The summed E-state index contributed by atoms with van der Waals surface area (Å²) in [5, 5.41) is 0. The summed E-state index contributed by atoms with van der Waals surface area (Å²) in [5.74, 6) is -0.870. The van der Waals surface area contributed by atoms with E-state index in [1.807, 2.05) is 28.1 Å². The van der Waals surface area contributed by atoms with Gasteiger partial charge in [0.25, 0.3) is 7.82 Å². The molecule has 0 bridgehead atoms. The van der Waals surface area contributed by atoms with Crippen LogP contribution in [0.3, 0.4) is 0 Å². The Balaban J connectivity index is 4.17. The normalized spacial score (nSPS) is 14.0. The molecule has 10 heteroatoms. The highest BCUT2D eigenvalue weighted by Crippen LogP contribution is 2.38. The summed E-state index contributed by atoms with van der Waals surface area (Å²) in [4.78, 5) is 36.5. The molecular formula is C32H64NO8P. The van der Waals surface area contributed by atoms with E-state index in [-0.39, 0.29) is 26.1 Å². The van der Waals surface area contributed by atoms with Crippen LogP contribution in [0.1, 0.15) is 142 Å². The van der Waals surface area contributed by atoms with Gasteiger partial charge in [-0.05, 0) is 12.8 Å². The van der Waals surface area contributed by atoms with E-state index in [4.69, 9.17) is 18.5 Å². The number of phosphoric acid groups is 1. The van der Waals surface area contributed by atoms with Gasteiger partial charge in [0.05, 0.1) is 27.7 Å². The number of rotatable bonds is 30. The molecule has 0 fully saturated rings. The topological polar surface area (TPSA) is 111 Å². The van der Waals surface area contributed by atoms with Crippen LogP contribution in [0.4, 0.5) is 0 Å². The molecule has 0 rings (SSSR count). The molecule has 0 radical (unpaired) electrons. The highest BCUT2D eigenvalue weighted by atomic mass is 31.2. The molecule has 42 heavy (non-hydrogen) atoms. The Morgan fingerprint density at radius 3 is 1.57 bits per heavy atom. The van der Waals surface area contributed by atoms with Gasteiger partial charge in [-0.15, -0.1) is 0 Å². The number of phosphoric ester groups is 1. The van der Waals surface area contributed by atoms with Gasteiger partial charge in [-0.25, -0.2) is 0 Å². The van der Waals surface area contributed by atoms with Crippen LogP contribution in [0.5, 0.6) is 0 Å². The lowest BCUT2D eigenvalue weighted by molar-refractivity contribution is -0.870. The van der Waals surface area contributed by atoms with Crippen molar-refractivity contribution in [3.8, 4) is 0 Å². The summed E-state index contributed by atoms with van der Waals surface area (Å²) in [7, 11) is 1.17. The van der Waals surface area contributed by atoms with Crippen LogP contribution in [0.15, 0.2) is 0 Å². The molecule has 250 valence electrons. The Labute approximate surface area is 257 Å². The Morgan fingerprint density at radius 1 is 0.643 bits per heavy atom. The Kier molecular flexibility index (Phi) is 25.8. The second-order valence-electron chi connectivity index (χ2n) is 12.5. The van der Waals surface area contributed by atoms with Crippen molar-refractivity contribution in [3.63, 3.8) is 0 Å². The zero-order valence-corrected chi connectivity index (χ0v) is 28.6. The lowest BCUT2D eigenvalue weighted by Gasteiger charge is -2.28. The SMILES string of the molecule is CCCCCCCCCCCCCCCCCCC(=O)OC(COC(=O)CCCC)COP(=O)([O-])OCC[N+](C)(C)C. The van der Waals surface area contributed by atoms with Crippen molar-refractivity contribution in [3.05, 3.63) is 0 Å². The second kappa shape index (κ2) is 26.4. The molecule has 0 aliphatic carbocycles. The van der Waals surface area contributed by atoms with E-state index in [9.17, 15) is 19.0 Å². The fourth-order valence-electron chi connectivity index (χ4n) is 4.40. The van der Waals surface area contributed by atoms with E-state index in [1.54, 1.807) is 0 Å². The van der Waals surface area contributed by atoms with Crippen molar-refractivity contribution in [2.45, 2.75) is 148 Å². The molecule has 0 aliphatic rings. The van der Waals surface area contributed by atoms with Crippen molar-refractivity contribution in [1.29, 1.82) is 0 Å². The molecule has 9 nitrogen and oxygen atoms in total. The predicted molar refractivity (Wildman–Crippen MR) is 167 cm³/mol. The number of quaternary nitrogens is 1. The van der Waals surface area contributed by atoms with Crippen molar-refractivity contribution in [1.82, 2.24) is 0 Å². The number of carbonyl (C=O) groups is 2. The minimum Gasteiger partial charge on any atom is -0.756 e. The number of unbranched alkanes of at least 4 members (excludes halogenated alkanes) is 16. The minimum absolute atomic E-state index is 0.0278. The van der Waals surface area contributed by atoms with Crippen molar-refractivity contribution in [2.24, 2.45) is 0 Å². The molecule has 0 heterocycles. The maximum atomic E-state index is 12.4. The van der Waals surface area contributed by atoms with Crippen molar-refractivity contribution < 1.29 is 42.1 Å². The van der Waals surface area contributed by atoms with E-state index in [2.05, 4.69) is 6.92 Å². The lowest BCUT2D eigenvalue weighted by Crippen LogP contribution is -2.37. The molecular weight excluding hydrogens is 557 g/mol. The van der Waals surface area contributed by atoms with Crippen molar-refractivity contribution in [2.75, 3.05) is 47.5 Å². The van der Waals surface area contributed by atoms with Crippen LogP contribution in [0, 0.1) is 0 Å². The van der Waals surface area contributed by atoms with Crippen LogP contribution in [0.2, 0.25) is 0 Å². The zero-order valence-electron chi connectivity index (χ0n) is 27.7. The highest BCUT2D eigenvalue weighted by Gasteiger charge is 2.21. The third-order valence-corrected chi connectivity index (χ3v) is 8.09. The van der Waals surface area contributed by atoms with Crippen LogP contribution in [0.25, 0.3) is 0 Å². The van der Waals surface area contributed by atoms with Gasteiger partial charge in [0.15, 0.2) is 6.10 Å². The van der Waals surface area contributed by atoms with Gasteiger partial charge >= 0.3 is 11.9 Å². The third-order valence-electron chi connectivity index (χ3n) is 7.13. The number of esters is 2. The van der Waals surface area contributed by atoms with Crippen LogP contribution in [-0.2, 0) is 32.7 Å². The summed E-state index contributed by atoms with van der Waals surface area (Å²) >= 11 is 0. The Hall–Kier alpha value is -0.990. The van der Waals surface area contributed by atoms with Crippen LogP contribution >= 0.6 is 7.82 Å². The lowest BCUT2D eigenvalue weighted by atomic mass is 10.0. The summed E-state index contributed by atoms with van der Waals surface area (Å²) in [5.41, 5.74) is 0. The first-order valence-electron chi connectivity index (χ1n) is 16.7. The molecule has 0 saturated carbocycles. The molecule has 0 amide bonds. The number of ether oxygens (including phenoxy) is 2. The number of hydrogen-bond donors (Lipinski definition) is 0. The largest absolute Gasteiger partial charge is 0.756 e. The second-order valence-corrected chi connectivity index (χ2v) is 14.0. The molecule has 0 N–H and O–H groups in total. The Morgan fingerprint density at radius 2 is 1.10 bits per heavy atom. The first kappa shape index (κ1) is 41.0. The van der Waals surface area contributed by atoms with Gasteiger partial charge in [0.1, 0.15) is 19.8 Å². The van der Waals surface area contributed by atoms with Gasteiger partial charge in [-0.3, -0.25) is 14.2 Å². The zero-order chi connectivity index (χ0) is 31.5. The van der Waals surface area contributed by atoms with Gasteiger partial charge in [-0.1, -0.05) is 117 Å². The number of carbonyl (C=O) groups excluding carboxylic acids is 2. The smallest absolute Gasteiger partial charge is 0.306 e. The van der Waals surface area contributed by atoms with E-state index in [0.717, 1.165) is 19.3 Å². The van der Waals surface area contributed by atoms with Gasteiger partial charge in [0, 0.05) is 12.8 Å². The summed E-state index contributed by atoms with van der Waals surface area (Å²) in [6, 6.07) is 0. The summed E-state index contributed by atoms with van der Waals surface area (Å²) in [6.07, 6.45) is 21.0. The maximum Gasteiger partial charge on any atom is 0.306 e. The molecule has 0 saturated heterocycles. The van der Waals surface area contributed by atoms with E-state index >= 15 is 0 Å². The van der Waals surface area contributed by atoms with E-state index in [1.165, 1.54) is 83.5 Å². The first-order valence-corrected chi connectivity index (χ1v) is 18.2. The van der Waals surface area contributed by atoms with Gasteiger partial charge < -0.3 is 27.9 Å². The average Bonchev–Trinajstić information content (AvgIpc) is 2.92. The molecule has 2 atom stereocenters.